The van der Waals surface area contributed by atoms with E-state index in [9.17, 15) is 19.2 Å². The SMILES string of the molecule is Cc1cccc(NC(=O)COc2c(Br)cc(/C=C3\C(=O)NC(=O)N(c4cc(Cl)ccc4C)C3=O)cc2Br)c1. The van der Waals surface area contributed by atoms with Crippen LogP contribution in [0.3, 0.4) is 0 Å². The molecule has 2 N–H and O–H groups in total. The van der Waals surface area contributed by atoms with Crippen LogP contribution in [0.4, 0.5) is 16.2 Å². The fourth-order valence-electron chi connectivity index (χ4n) is 3.72. The summed E-state index contributed by atoms with van der Waals surface area (Å²) in [6, 6.07) is 14.6. The van der Waals surface area contributed by atoms with Crippen molar-refractivity contribution in [1.29, 1.82) is 0 Å². The number of amides is 5. The third-order valence-corrected chi connectivity index (χ3v) is 6.91. The van der Waals surface area contributed by atoms with Crippen molar-refractivity contribution >= 4 is 84.7 Å². The van der Waals surface area contributed by atoms with Crippen LogP contribution in [0.1, 0.15) is 16.7 Å². The molecular formula is C27H20Br2ClN3O5. The predicted molar refractivity (Wildman–Crippen MR) is 152 cm³/mol. The van der Waals surface area contributed by atoms with Gasteiger partial charge in [0.15, 0.2) is 6.61 Å². The molecule has 0 spiro atoms. The highest BCUT2D eigenvalue weighted by Crippen LogP contribution is 2.36. The zero-order chi connectivity index (χ0) is 27.6. The van der Waals surface area contributed by atoms with Gasteiger partial charge in [0.1, 0.15) is 11.3 Å². The van der Waals surface area contributed by atoms with E-state index in [2.05, 4.69) is 42.5 Å². The zero-order valence-electron chi connectivity index (χ0n) is 20.1. The Morgan fingerprint density at radius 1 is 1.05 bits per heavy atom. The van der Waals surface area contributed by atoms with Gasteiger partial charge in [-0.2, -0.15) is 0 Å². The number of rotatable bonds is 6. The Kier molecular flexibility index (Phi) is 8.35. The Morgan fingerprint density at radius 2 is 1.76 bits per heavy atom. The molecule has 0 atom stereocenters. The molecule has 194 valence electrons. The molecule has 0 unspecified atom stereocenters. The van der Waals surface area contributed by atoms with Gasteiger partial charge in [0.05, 0.1) is 14.6 Å². The van der Waals surface area contributed by atoms with Crippen molar-refractivity contribution in [2.45, 2.75) is 13.8 Å². The number of barbiturate groups is 1. The fraction of sp³-hybridized carbons (Fsp3) is 0.111. The number of nitrogens with one attached hydrogen (secondary N) is 2. The summed E-state index contributed by atoms with van der Waals surface area (Å²) in [5.41, 5.74) is 2.80. The minimum atomic E-state index is -0.863. The quantitative estimate of drug-likeness (QED) is 0.243. The van der Waals surface area contributed by atoms with Crippen LogP contribution in [0.2, 0.25) is 5.02 Å². The summed E-state index contributed by atoms with van der Waals surface area (Å²) in [5.74, 6) is -1.59. The molecule has 8 nitrogen and oxygen atoms in total. The van der Waals surface area contributed by atoms with E-state index >= 15 is 0 Å². The summed E-state index contributed by atoms with van der Waals surface area (Å²) in [5, 5.41) is 5.30. The van der Waals surface area contributed by atoms with Crippen LogP contribution in [0.25, 0.3) is 6.08 Å². The topological polar surface area (TPSA) is 105 Å². The molecule has 3 aromatic rings. The van der Waals surface area contributed by atoms with Crippen molar-refractivity contribution in [3.05, 3.63) is 90.8 Å². The summed E-state index contributed by atoms with van der Waals surface area (Å²) in [6.07, 6.45) is 1.36. The predicted octanol–water partition coefficient (Wildman–Crippen LogP) is 6.17. The fourth-order valence-corrected chi connectivity index (χ4v) is 5.34. The van der Waals surface area contributed by atoms with Crippen molar-refractivity contribution in [2.24, 2.45) is 0 Å². The van der Waals surface area contributed by atoms with Crippen molar-refractivity contribution in [3.63, 3.8) is 0 Å². The zero-order valence-corrected chi connectivity index (χ0v) is 24.0. The van der Waals surface area contributed by atoms with Crippen molar-refractivity contribution in [3.8, 4) is 5.75 Å². The van der Waals surface area contributed by atoms with Crippen LogP contribution < -0.4 is 20.3 Å². The van der Waals surface area contributed by atoms with Crippen LogP contribution >= 0.6 is 43.5 Å². The number of anilines is 2. The van der Waals surface area contributed by atoms with Gasteiger partial charge >= 0.3 is 6.03 Å². The van der Waals surface area contributed by atoms with Crippen molar-refractivity contribution in [1.82, 2.24) is 5.32 Å². The number of hydrogen-bond acceptors (Lipinski definition) is 5. The molecule has 1 fully saturated rings. The van der Waals surface area contributed by atoms with E-state index in [0.717, 1.165) is 10.5 Å². The molecule has 0 bridgehead atoms. The van der Waals surface area contributed by atoms with Gasteiger partial charge in [-0.05, 0) is 105 Å². The van der Waals surface area contributed by atoms with Gasteiger partial charge in [0.25, 0.3) is 17.7 Å². The molecule has 1 aliphatic rings. The monoisotopic (exact) mass is 659 g/mol. The van der Waals surface area contributed by atoms with Gasteiger partial charge in [-0.3, -0.25) is 19.7 Å². The minimum absolute atomic E-state index is 0.242. The Balaban J connectivity index is 1.55. The van der Waals surface area contributed by atoms with Crippen LogP contribution in [-0.4, -0.2) is 30.4 Å². The molecule has 0 aromatic heterocycles. The van der Waals surface area contributed by atoms with E-state index < -0.39 is 17.8 Å². The van der Waals surface area contributed by atoms with Crippen LogP contribution in [0.5, 0.6) is 5.75 Å². The van der Waals surface area contributed by atoms with E-state index in [-0.39, 0.29) is 23.8 Å². The van der Waals surface area contributed by atoms with Crippen LogP contribution in [0.15, 0.2) is 69.1 Å². The lowest BCUT2D eigenvalue weighted by Gasteiger charge is -2.27. The first kappa shape index (κ1) is 27.6. The molecule has 0 aliphatic carbocycles. The molecule has 4 rings (SSSR count). The Hall–Kier alpha value is -3.47. The van der Waals surface area contributed by atoms with Gasteiger partial charge < -0.3 is 10.1 Å². The number of imide groups is 2. The molecule has 1 aliphatic heterocycles. The number of benzene rings is 3. The molecule has 0 saturated carbocycles. The third-order valence-electron chi connectivity index (χ3n) is 5.49. The average molecular weight is 662 g/mol. The van der Waals surface area contributed by atoms with E-state index in [0.29, 0.717) is 36.5 Å². The molecule has 0 radical (unpaired) electrons. The molecule has 3 aromatic carbocycles. The molecule has 38 heavy (non-hydrogen) atoms. The second-order valence-electron chi connectivity index (χ2n) is 8.41. The summed E-state index contributed by atoms with van der Waals surface area (Å²) in [4.78, 5) is 51.6. The van der Waals surface area contributed by atoms with Crippen molar-refractivity contribution in [2.75, 3.05) is 16.8 Å². The average Bonchev–Trinajstić information content (AvgIpc) is 2.83. The Bertz CT molecular complexity index is 1500. The molecule has 5 amide bonds. The Morgan fingerprint density at radius 3 is 2.45 bits per heavy atom. The first-order valence-corrected chi connectivity index (χ1v) is 13.2. The molecule has 11 heteroatoms. The van der Waals surface area contributed by atoms with E-state index in [1.165, 1.54) is 12.1 Å². The molecule has 1 heterocycles. The maximum absolute atomic E-state index is 13.2. The van der Waals surface area contributed by atoms with Gasteiger partial charge in [0.2, 0.25) is 0 Å². The highest BCUT2D eigenvalue weighted by atomic mass is 79.9. The van der Waals surface area contributed by atoms with Gasteiger partial charge in [-0.15, -0.1) is 0 Å². The molecular weight excluding hydrogens is 642 g/mol. The summed E-state index contributed by atoms with van der Waals surface area (Å²) in [7, 11) is 0. The maximum atomic E-state index is 13.2. The second kappa shape index (κ2) is 11.5. The smallest absolute Gasteiger partial charge is 0.335 e. The number of aryl methyl sites for hydroxylation is 2. The number of ether oxygens (including phenoxy) is 1. The summed E-state index contributed by atoms with van der Waals surface area (Å²) < 4.78 is 6.65. The van der Waals surface area contributed by atoms with Crippen molar-refractivity contribution < 1.29 is 23.9 Å². The number of hydrogen-bond donors (Lipinski definition) is 2. The highest BCUT2D eigenvalue weighted by molar-refractivity contribution is 9.11. The number of urea groups is 1. The largest absolute Gasteiger partial charge is 0.481 e. The van der Waals surface area contributed by atoms with Gasteiger partial charge in [0, 0.05) is 10.7 Å². The lowest BCUT2D eigenvalue weighted by molar-refractivity contribution is -0.122. The lowest BCUT2D eigenvalue weighted by Crippen LogP contribution is -2.54. The van der Waals surface area contributed by atoms with Crippen LogP contribution in [-0.2, 0) is 14.4 Å². The van der Waals surface area contributed by atoms with E-state index in [4.69, 9.17) is 16.3 Å². The van der Waals surface area contributed by atoms with Gasteiger partial charge in [-0.25, -0.2) is 9.69 Å². The highest BCUT2D eigenvalue weighted by Gasteiger charge is 2.37. The minimum Gasteiger partial charge on any atom is -0.481 e. The standard InChI is InChI=1S/C27H20Br2ClN3O5/c1-14-4-3-5-18(8-14)31-23(34)13-38-24-20(28)10-16(11-21(24)29)9-19-25(35)32-27(37)33(26(19)36)22-12-17(30)7-6-15(22)2/h3-12H,13H2,1-2H3,(H,31,34)(H,32,35,37)/b19-9+. The normalized spacial score (nSPS) is 14.5. The summed E-state index contributed by atoms with van der Waals surface area (Å²) >= 11 is 12.9. The number of halogens is 3. The summed E-state index contributed by atoms with van der Waals surface area (Å²) in [6.45, 7) is 3.40. The first-order chi connectivity index (χ1) is 18.0. The van der Waals surface area contributed by atoms with Crippen LogP contribution in [0, 0.1) is 13.8 Å². The lowest BCUT2D eigenvalue weighted by atomic mass is 10.1. The Labute approximate surface area is 240 Å². The van der Waals surface area contributed by atoms with E-state index in [1.54, 1.807) is 37.3 Å². The van der Waals surface area contributed by atoms with Gasteiger partial charge in [-0.1, -0.05) is 29.8 Å². The second-order valence-corrected chi connectivity index (χ2v) is 10.6. The first-order valence-electron chi connectivity index (χ1n) is 11.2. The third kappa shape index (κ3) is 6.15. The maximum Gasteiger partial charge on any atom is 0.335 e. The number of carbonyl (C=O) groups is 4. The molecule has 1 saturated heterocycles. The number of nitrogens with zero attached hydrogens (tertiary/aromatic N) is 1. The van der Waals surface area contributed by atoms with E-state index in [1.807, 2.05) is 25.1 Å². The number of carbonyl (C=O) groups excluding carboxylic acids is 4.